The van der Waals surface area contributed by atoms with Crippen LogP contribution in [-0.2, 0) is 0 Å². The number of nitrogens with two attached hydrogens (primary N) is 1. The summed E-state index contributed by atoms with van der Waals surface area (Å²) < 4.78 is 1.42. The second kappa shape index (κ2) is 6.73. The number of nitrogen functional groups attached to an aromatic ring is 1. The Morgan fingerprint density at radius 1 is 1.40 bits per heavy atom. The van der Waals surface area contributed by atoms with Crippen LogP contribution in [0.25, 0.3) is 5.95 Å². The monoisotopic (exact) mass is 279 g/mol. The van der Waals surface area contributed by atoms with E-state index in [2.05, 4.69) is 30.5 Å². The van der Waals surface area contributed by atoms with Gasteiger partial charge in [-0.25, -0.2) is 10.8 Å². The van der Waals surface area contributed by atoms with Gasteiger partial charge in [-0.1, -0.05) is 0 Å². The van der Waals surface area contributed by atoms with E-state index >= 15 is 0 Å². The Labute approximate surface area is 115 Å². The lowest BCUT2D eigenvalue weighted by molar-refractivity contribution is 0.289. The number of hydrogen-bond donors (Lipinski definition) is 3. The first-order chi connectivity index (χ1) is 9.78. The van der Waals surface area contributed by atoms with Crippen LogP contribution in [0, 0.1) is 0 Å². The maximum atomic E-state index is 8.93. The van der Waals surface area contributed by atoms with Gasteiger partial charge in [0, 0.05) is 19.7 Å². The zero-order valence-corrected chi connectivity index (χ0v) is 11.1. The molecule has 0 aliphatic carbocycles. The fourth-order valence-corrected chi connectivity index (χ4v) is 1.63. The van der Waals surface area contributed by atoms with E-state index < -0.39 is 0 Å². The lowest BCUT2D eigenvalue weighted by atomic mass is 10.4. The van der Waals surface area contributed by atoms with Crippen molar-refractivity contribution in [3.05, 3.63) is 12.7 Å². The van der Waals surface area contributed by atoms with Crippen LogP contribution in [-0.4, -0.2) is 54.5 Å². The number of rotatable bonds is 7. The second-order valence-corrected chi connectivity index (χ2v) is 3.90. The fraction of sp³-hybridized carbons (Fsp3) is 0.500. The Hall–Kier alpha value is -2.33. The summed E-state index contributed by atoms with van der Waals surface area (Å²) in [6.45, 7) is 3.42. The quantitative estimate of drug-likeness (QED) is 0.429. The van der Waals surface area contributed by atoms with Gasteiger partial charge in [0.15, 0.2) is 0 Å². The Balaban J connectivity index is 2.34. The van der Waals surface area contributed by atoms with Crippen LogP contribution in [0.5, 0.6) is 0 Å². The van der Waals surface area contributed by atoms with E-state index in [4.69, 9.17) is 10.9 Å². The van der Waals surface area contributed by atoms with Crippen molar-refractivity contribution in [1.82, 2.24) is 29.7 Å². The van der Waals surface area contributed by atoms with E-state index in [0.717, 1.165) is 0 Å². The number of nitrogens with zero attached hydrogens (tertiary/aromatic N) is 7. The standard InChI is InChI=1S/C10H17N9O/c1-2-18(4-3-5-20)9-14-8(17-11)15-10(16-9)19-7-12-6-13-19/h6-7,20H,2-5,11H2,1H3,(H,14,15,16,17). The topological polar surface area (TPSA) is 131 Å². The Bertz CT molecular complexity index is 530. The van der Waals surface area contributed by atoms with Crippen molar-refractivity contribution in [3.63, 3.8) is 0 Å². The molecule has 0 radical (unpaired) electrons. The summed E-state index contributed by atoms with van der Waals surface area (Å²) in [6, 6.07) is 0. The lowest BCUT2D eigenvalue weighted by Crippen LogP contribution is -2.28. The number of aliphatic hydroxyl groups is 1. The van der Waals surface area contributed by atoms with Gasteiger partial charge in [0.2, 0.25) is 11.9 Å². The van der Waals surface area contributed by atoms with E-state index in [0.29, 0.717) is 31.4 Å². The number of nitrogens with one attached hydrogen (secondary N) is 1. The highest BCUT2D eigenvalue weighted by atomic mass is 16.3. The van der Waals surface area contributed by atoms with Crippen LogP contribution < -0.4 is 16.2 Å². The Morgan fingerprint density at radius 2 is 2.25 bits per heavy atom. The average Bonchev–Trinajstić information content (AvgIpc) is 3.02. The molecule has 0 unspecified atom stereocenters. The molecule has 0 aliphatic rings. The predicted molar refractivity (Wildman–Crippen MR) is 72.1 cm³/mol. The smallest absolute Gasteiger partial charge is 0.258 e. The third-order valence-electron chi connectivity index (χ3n) is 2.62. The molecule has 0 atom stereocenters. The number of hydrogen-bond acceptors (Lipinski definition) is 9. The molecule has 0 saturated heterocycles. The first-order valence-electron chi connectivity index (χ1n) is 6.22. The van der Waals surface area contributed by atoms with E-state index in [1.165, 1.54) is 17.3 Å². The van der Waals surface area contributed by atoms with E-state index in [1.807, 2.05) is 11.8 Å². The van der Waals surface area contributed by atoms with Crippen LogP contribution in [0.1, 0.15) is 13.3 Å². The van der Waals surface area contributed by atoms with Gasteiger partial charge < -0.3 is 10.0 Å². The van der Waals surface area contributed by atoms with Crippen molar-refractivity contribution < 1.29 is 5.11 Å². The molecule has 0 bridgehead atoms. The molecule has 2 aromatic heterocycles. The SMILES string of the molecule is CCN(CCCO)c1nc(NN)nc(-n2cncn2)n1. The summed E-state index contributed by atoms with van der Waals surface area (Å²) in [7, 11) is 0. The Kier molecular flexibility index (Phi) is 4.74. The zero-order valence-electron chi connectivity index (χ0n) is 11.1. The largest absolute Gasteiger partial charge is 0.396 e. The zero-order chi connectivity index (χ0) is 14.4. The molecule has 0 amide bonds. The maximum Gasteiger partial charge on any atom is 0.258 e. The van der Waals surface area contributed by atoms with Crippen LogP contribution >= 0.6 is 0 Å². The molecule has 10 heteroatoms. The summed E-state index contributed by atoms with van der Waals surface area (Å²) in [6.07, 6.45) is 3.51. The molecule has 0 aromatic carbocycles. The van der Waals surface area contributed by atoms with E-state index in [-0.39, 0.29) is 12.6 Å². The minimum atomic E-state index is 0.111. The molecule has 2 aromatic rings. The molecule has 0 saturated carbocycles. The minimum Gasteiger partial charge on any atom is -0.396 e. The van der Waals surface area contributed by atoms with Gasteiger partial charge in [-0.3, -0.25) is 5.43 Å². The van der Waals surface area contributed by atoms with E-state index in [9.17, 15) is 0 Å². The van der Waals surface area contributed by atoms with Crippen molar-refractivity contribution in [1.29, 1.82) is 0 Å². The summed E-state index contributed by atoms with van der Waals surface area (Å²) in [5.41, 5.74) is 2.40. The van der Waals surface area contributed by atoms with Crippen molar-refractivity contribution in [2.75, 3.05) is 30.0 Å². The van der Waals surface area contributed by atoms with Gasteiger partial charge in [-0.15, -0.1) is 0 Å². The second-order valence-electron chi connectivity index (χ2n) is 3.90. The van der Waals surface area contributed by atoms with Crippen LogP contribution in [0.3, 0.4) is 0 Å². The highest BCUT2D eigenvalue weighted by molar-refractivity contribution is 5.39. The molecule has 2 heterocycles. The summed E-state index contributed by atoms with van der Waals surface area (Å²) in [5, 5.41) is 12.9. The predicted octanol–water partition coefficient (Wildman–Crippen LogP) is -1.05. The average molecular weight is 279 g/mol. The van der Waals surface area contributed by atoms with Crippen molar-refractivity contribution in [2.45, 2.75) is 13.3 Å². The van der Waals surface area contributed by atoms with Gasteiger partial charge >= 0.3 is 0 Å². The summed E-state index contributed by atoms with van der Waals surface area (Å²) in [4.78, 5) is 18.4. The molecule has 20 heavy (non-hydrogen) atoms. The highest BCUT2D eigenvalue weighted by Gasteiger charge is 2.13. The lowest BCUT2D eigenvalue weighted by Gasteiger charge is -2.20. The number of anilines is 2. The molecule has 0 spiro atoms. The third-order valence-corrected chi connectivity index (χ3v) is 2.62. The van der Waals surface area contributed by atoms with E-state index in [1.54, 1.807) is 0 Å². The van der Waals surface area contributed by atoms with Crippen LogP contribution in [0.2, 0.25) is 0 Å². The van der Waals surface area contributed by atoms with Gasteiger partial charge in [-0.2, -0.15) is 24.7 Å². The molecule has 0 aliphatic heterocycles. The third kappa shape index (κ3) is 3.16. The van der Waals surface area contributed by atoms with Crippen LogP contribution in [0.15, 0.2) is 12.7 Å². The molecular formula is C10H17N9O. The minimum absolute atomic E-state index is 0.111. The van der Waals surface area contributed by atoms with Crippen molar-refractivity contribution >= 4 is 11.9 Å². The number of hydrazine groups is 1. The van der Waals surface area contributed by atoms with Crippen molar-refractivity contribution in [2.24, 2.45) is 5.84 Å². The van der Waals surface area contributed by atoms with Gasteiger partial charge in [-0.05, 0) is 13.3 Å². The first kappa shape index (κ1) is 14.1. The molecule has 108 valence electrons. The molecule has 0 fully saturated rings. The molecule has 10 nitrogen and oxygen atoms in total. The molecule has 4 N–H and O–H groups in total. The van der Waals surface area contributed by atoms with Gasteiger partial charge in [0.1, 0.15) is 12.7 Å². The summed E-state index contributed by atoms with van der Waals surface area (Å²) in [5.74, 6) is 6.40. The van der Waals surface area contributed by atoms with Gasteiger partial charge in [0.05, 0.1) is 0 Å². The fourth-order valence-electron chi connectivity index (χ4n) is 1.63. The van der Waals surface area contributed by atoms with Crippen LogP contribution in [0.4, 0.5) is 11.9 Å². The molecule has 2 rings (SSSR count). The maximum absolute atomic E-state index is 8.93. The van der Waals surface area contributed by atoms with Crippen molar-refractivity contribution in [3.8, 4) is 5.95 Å². The molecular weight excluding hydrogens is 262 g/mol. The highest BCUT2D eigenvalue weighted by Crippen LogP contribution is 2.12. The number of aliphatic hydroxyl groups excluding tert-OH is 1. The number of aromatic nitrogens is 6. The first-order valence-corrected chi connectivity index (χ1v) is 6.22. The Morgan fingerprint density at radius 3 is 2.85 bits per heavy atom. The van der Waals surface area contributed by atoms with Gasteiger partial charge in [0.25, 0.3) is 5.95 Å². The normalized spacial score (nSPS) is 10.6. The summed E-state index contributed by atoms with van der Waals surface area (Å²) >= 11 is 0.